The Bertz CT molecular complexity index is 446. The van der Waals surface area contributed by atoms with E-state index in [4.69, 9.17) is 11.6 Å². The molecule has 1 aromatic heterocycles. The maximum absolute atomic E-state index is 11.7. The molecule has 1 aliphatic rings. The van der Waals surface area contributed by atoms with E-state index in [0.29, 0.717) is 6.54 Å². The van der Waals surface area contributed by atoms with Gasteiger partial charge in [0.05, 0.1) is 10.9 Å². The minimum Gasteiger partial charge on any atom is -0.345 e. The molecule has 1 atom stereocenters. The summed E-state index contributed by atoms with van der Waals surface area (Å²) in [5.74, 6) is -0.117. The van der Waals surface area contributed by atoms with Gasteiger partial charge >= 0.3 is 0 Å². The van der Waals surface area contributed by atoms with E-state index in [1.54, 1.807) is 11.8 Å². The predicted octanol–water partition coefficient (Wildman–Crippen LogP) is 1.29. The Morgan fingerprint density at radius 2 is 2.29 bits per heavy atom. The molecule has 6 heteroatoms. The topological polar surface area (TPSA) is 49.4 Å². The molecule has 2 heterocycles. The van der Waals surface area contributed by atoms with Crippen LogP contribution in [-0.2, 0) is 16.0 Å². The minimum atomic E-state index is -0.383. The molecule has 1 fully saturated rings. The molecule has 0 radical (unpaired) electrons. The third-order valence-corrected chi connectivity index (χ3v) is 4.10. The van der Waals surface area contributed by atoms with E-state index < -0.39 is 0 Å². The van der Waals surface area contributed by atoms with E-state index in [2.05, 4.69) is 5.32 Å². The highest BCUT2D eigenvalue weighted by Gasteiger charge is 2.30. The van der Waals surface area contributed by atoms with E-state index in [1.165, 1.54) is 11.3 Å². The molecule has 92 valence electrons. The highest BCUT2D eigenvalue weighted by Crippen LogP contribution is 2.22. The van der Waals surface area contributed by atoms with Gasteiger partial charge in [-0.2, -0.15) is 0 Å². The Morgan fingerprint density at radius 3 is 2.94 bits per heavy atom. The van der Waals surface area contributed by atoms with Gasteiger partial charge in [0.2, 0.25) is 11.8 Å². The SMILES string of the molecule is CC1C(=O)NCC(=O)N1CCc1ccc(Cl)s1. The number of carbonyl (C=O) groups is 2. The van der Waals surface area contributed by atoms with Gasteiger partial charge in [0, 0.05) is 11.4 Å². The van der Waals surface area contributed by atoms with Crippen molar-refractivity contribution in [1.82, 2.24) is 10.2 Å². The van der Waals surface area contributed by atoms with Crippen molar-refractivity contribution < 1.29 is 9.59 Å². The first-order chi connectivity index (χ1) is 8.08. The Hall–Kier alpha value is -1.07. The third kappa shape index (κ3) is 2.79. The lowest BCUT2D eigenvalue weighted by atomic mass is 10.2. The number of piperazine rings is 1. The fourth-order valence-electron chi connectivity index (χ4n) is 1.80. The number of nitrogens with one attached hydrogen (secondary N) is 1. The molecular weight excluding hydrogens is 260 g/mol. The van der Waals surface area contributed by atoms with Gasteiger partial charge in [0.15, 0.2) is 0 Å². The summed E-state index contributed by atoms with van der Waals surface area (Å²) in [6.07, 6.45) is 0.737. The number of hydrogen-bond donors (Lipinski definition) is 1. The second kappa shape index (κ2) is 5.06. The van der Waals surface area contributed by atoms with Gasteiger partial charge in [-0.1, -0.05) is 11.6 Å². The molecule has 0 aliphatic carbocycles. The predicted molar refractivity (Wildman–Crippen MR) is 67.2 cm³/mol. The van der Waals surface area contributed by atoms with Crippen molar-refractivity contribution in [2.45, 2.75) is 19.4 Å². The number of carbonyl (C=O) groups excluding carboxylic acids is 2. The molecule has 1 N–H and O–H groups in total. The van der Waals surface area contributed by atoms with E-state index in [1.807, 2.05) is 12.1 Å². The summed E-state index contributed by atoms with van der Waals surface area (Å²) in [4.78, 5) is 25.9. The molecule has 0 spiro atoms. The fourth-order valence-corrected chi connectivity index (χ4v) is 2.88. The number of amides is 2. The quantitative estimate of drug-likeness (QED) is 0.901. The van der Waals surface area contributed by atoms with Crippen LogP contribution in [0.3, 0.4) is 0 Å². The van der Waals surface area contributed by atoms with E-state index in [-0.39, 0.29) is 24.4 Å². The Morgan fingerprint density at radius 1 is 1.53 bits per heavy atom. The Labute approximate surface area is 109 Å². The van der Waals surface area contributed by atoms with Gasteiger partial charge in [-0.05, 0) is 25.5 Å². The molecule has 0 aromatic carbocycles. The Balaban J connectivity index is 1.97. The van der Waals surface area contributed by atoms with Crippen LogP contribution in [0.5, 0.6) is 0 Å². The van der Waals surface area contributed by atoms with Crippen LogP contribution in [0.4, 0.5) is 0 Å². The Kier molecular flexibility index (Phi) is 3.69. The number of rotatable bonds is 3. The van der Waals surface area contributed by atoms with Crippen molar-refractivity contribution in [2.75, 3.05) is 13.1 Å². The van der Waals surface area contributed by atoms with Crippen molar-refractivity contribution >= 4 is 34.8 Å². The van der Waals surface area contributed by atoms with Crippen LogP contribution < -0.4 is 5.32 Å². The van der Waals surface area contributed by atoms with Crippen LogP contribution >= 0.6 is 22.9 Å². The second-order valence-electron chi connectivity index (χ2n) is 3.94. The maximum Gasteiger partial charge on any atom is 0.242 e. The van der Waals surface area contributed by atoms with Gasteiger partial charge in [0.1, 0.15) is 6.04 Å². The first-order valence-electron chi connectivity index (χ1n) is 5.39. The average Bonchev–Trinajstić information content (AvgIpc) is 2.70. The van der Waals surface area contributed by atoms with Crippen LogP contribution in [-0.4, -0.2) is 35.8 Å². The van der Waals surface area contributed by atoms with Gasteiger partial charge in [-0.25, -0.2) is 0 Å². The van der Waals surface area contributed by atoms with Crippen molar-refractivity contribution in [1.29, 1.82) is 0 Å². The standard InChI is InChI=1S/C11H13ClN2O2S/c1-7-11(16)13-6-10(15)14(7)5-4-8-2-3-9(12)17-8/h2-3,7H,4-6H2,1H3,(H,13,16). The average molecular weight is 273 g/mol. The number of hydrogen-bond acceptors (Lipinski definition) is 3. The molecule has 17 heavy (non-hydrogen) atoms. The van der Waals surface area contributed by atoms with Gasteiger partial charge < -0.3 is 10.2 Å². The summed E-state index contributed by atoms with van der Waals surface area (Å²) < 4.78 is 0.746. The maximum atomic E-state index is 11.7. The normalized spacial score (nSPS) is 20.6. The molecule has 0 saturated carbocycles. The largest absolute Gasteiger partial charge is 0.345 e. The summed E-state index contributed by atoms with van der Waals surface area (Å²) in [6, 6.07) is 3.41. The van der Waals surface area contributed by atoms with Crippen LogP contribution in [0.1, 0.15) is 11.8 Å². The lowest BCUT2D eigenvalue weighted by molar-refractivity contribution is -0.144. The summed E-state index contributed by atoms with van der Waals surface area (Å²) in [7, 11) is 0. The lowest BCUT2D eigenvalue weighted by Gasteiger charge is -2.32. The van der Waals surface area contributed by atoms with Crippen molar-refractivity contribution in [2.24, 2.45) is 0 Å². The van der Waals surface area contributed by atoms with Crippen LogP contribution in [0.25, 0.3) is 0 Å². The molecular formula is C11H13ClN2O2S. The van der Waals surface area contributed by atoms with E-state index in [9.17, 15) is 9.59 Å². The first-order valence-corrected chi connectivity index (χ1v) is 6.59. The molecule has 1 unspecified atom stereocenters. The van der Waals surface area contributed by atoms with Crippen LogP contribution in [0.15, 0.2) is 12.1 Å². The molecule has 2 amide bonds. The number of nitrogens with zero attached hydrogens (tertiary/aromatic N) is 1. The monoisotopic (exact) mass is 272 g/mol. The van der Waals surface area contributed by atoms with E-state index in [0.717, 1.165) is 15.6 Å². The number of thiophene rings is 1. The summed E-state index contributed by atoms with van der Waals surface area (Å²) >= 11 is 7.34. The molecule has 1 aromatic rings. The highest BCUT2D eigenvalue weighted by atomic mass is 35.5. The van der Waals surface area contributed by atoms with Crippen LogP contribution in [0.2, 0.25) is 4.34 Å². The minimum absolute atomic E-state index is 0.0280. The highest BCUT2D eigenvalue weighted by molar-refractivity contribution is 7.16. The molecule has 1 aliphatic heterocycles. The van der Waals surface area contributed by atoms with Crippen molar-refractivity contribution in [3.63, 3.8) is 0 Å². The first kappa shape index (κ1) is 12.4. The zero-order chi connectivity index (χ0) is 12.4. The summed E-state index contributed by atoms with van der Waals surface area (Å²) in [5, 5.41) is 2.57. The molecule has 2 rings (SSSR count). The zero-order valence-corrected chi connectivity index (χ0v) is 11.0. The summed E-state index contributed by atoms with van der Waals surface area (Å²) in [5.41, 5.74) is 0. The van der Waals surface area contributed by atoms with Gasteiger partial charge in [0.25, 0.3) is 0 Å². The molecule has 0 bridgehead atoms. The van der Waals surface area contributed by atoms with Gasteiger partial charge in [-0.3, -0.25) is 9.59 Å². The third-order valence-electron chi connectivity index (χ3n) is 2.81. The molecule has 1 saturated heterocycles. The van der Waals surface area contributed by atoms with Crippen molar-refractivity contribution in [3.05, 3.63) is 21.3 Å². The zero-order valence-electron chi connectivity index (χ0n) is 9.40. The smallest absolute Gasteiger partial charge is 0.242 e. The summed E-state index contributed by atoms with van der Waals surface area (Å²) in [6.45, 7) is 2.41. The van der Waals surface area contributed by atoms with Gasteiger partial charge in [-0.15, -0.1) is 11.3 Å². The molecule has 4 nitrogen and oxygen atoms in total. The fraction of sp³-hybridized carbons (Fsp3) is 0.455. The number of halogens is 1. The lowest BCUT2D eigenvalue weighted by Crippen LogP contribution is -2.57. The van der Waals surface area contributed by atoms with E-state index >= 15 is 0 Å². The second-order valence-corrected chi connectivity index (χ2v) is 5.74. The van der Waals surface area contributed by atoms with Crippen molar-refractivity contribution in [3.8, 4) is 0 Å². The van der Waals surface area contributed by atoms with Crippen LogP contribution in [0, 0.1) is 0 Å².